The van der Waals surface area contributed by atoms with Gasteiger partial charge in [-0.1, -0.05) is 79.2 Å². The van der Waals surface area contributed by atoms with Crippen molar-refractivity contribution in [2.75, 3.05) is 0 Å². The highest BCUT2D eigenvalue weighted by atomic mass is 16.4. The SMILES string of the molecule is C=C(CC[C@@H](C(=O)O)[C@H]1CC[C@@]2(C)C3=CC[C@H]4C(C)(C)CCC[C@]4(C)C3=CC[C@]12C)C(C)C. The van der Waals surface area contributed by atoms with E-state index in [9.17, 15) is 9.90 Å². The number of hydrogen-bond donors (Lipinski definition) is 1. The first-order valence-corrected chi connectivity index (χ1v) is 13.6. The third kappa shape index (κ3) is 3.61. The Morgan fingerprint density at radius 1 is 1.09 bits per heavy atom. The predicted octanol–water partition coefficient (Wildman–Crippen LogP) is 8.60. The number of rotatable bonds is 6. The number of aliphatic carboxylic acids is 1. The summed E-state index contributed by atoms with van der Waals surface area (Å²) < 4.78 is 0. The minimum atomic E-state index is -0.601. The van der Waals surface area contributed by atoms with E-state index < -0.39 is 5.97 Å². The van der Waals surface area contributed by atoms with Crippen LogP contribution in [0.15, 0.2) is 35.5 Å². The molecule has 0 saturated heterocycles. The molecule has 2 saturated carbocycles. The molecule has 6 atom stereocenters. The summed E-state index contributed by atoms with van der Waals surface area (Å²) in [5.41, 5.74) is 5.17. The average molecular weight is 453 g/mol. The lowest BCUT2D eigenvalue weighted by Gasteiger charge is -2.60. The molecule has 0 amide bonds. The van der Waals surface area contributed by atoms with Crippen molar-refractivity contribution in [2.45, 2.75) is 106 Å². The van der Waals surface area contributed by atoms with E-state index in [-0.39, 0.29) is 28.1 Å². The van der Waals surface area contributed by atoms with Crippen LogP contribution in [0.4, 0.5) is 0 Å². The normalized spacial score (nSPS) is 40.2. The van der Waals surface area contributed by atoms with Gasteiger partial charge in [-0.25, -0.2) is 0 Å². The van der Waals surface area contributed by atoms with Gasteiger partial charge in [-0.3, -0.25) is 4.79 Å². The number of fused-ring (bicyclic) bond motifs is 5. The minimum Gasteiger partial charge on any atom is -0.481 e. The Kier molecular flexibility index (Phi) is 6.11. The standard InChI is InChI=1S/C31H48O2/c1-20(2)21(3)10-11-22(27(32)33)23-14-18-31(8)25-12-13-26-28(4,5)16-9-17-29(26,6)24(25)15-19-30(23,31)7/h12,15,20,22-23,26H,3,9-11,13-14,16-19H2,1-2,4-8H3,(H,32,33)/t22-,23-,26+,29-,30-,31+/m1/s1. The first kappa shape index (κ1) is 24.8. The number of carboxylic acids is 1. The number of carboxylic acid groups (broad SMARTS) is 1. The molecular formula is C31H48O2. The lowest BCUT2D eigenvalue weighted by Crippen LogP contribution is -2.51. The van der Waals surface area contributed by atoms with E-state index in [1.54, 1.807) is 11.1 Å². The van der Waals surface area contributed by atoms with Gasteiger partial charge in [0.1, 0.15) is 0 Å². The van der Waals surface area contributed by atoms with Crippen molar-refractivity contribution in [1.82, 2.24) is 0 Å². The van der Waals surface area contributed by atoms with E-state index in [1.165, 1.54) is 31.3 Å². The summed E-state index contributed by atoms with van der Waals surface area (Å²) in [5, 5.41) is 10.3. The van der Waals surface area contributed by atoms with Crippen molar-refractivity contribution in [3.8, 4) is 0 Å². The largest absolute Gasteiger partial charge is 0.481 e. The monoisotopic (exact) mass is 452 g/mol. The topological polar surface area (TPSA) is 37.3 Å². The van der Waals surface area contributed by atoms with Crippen molar-refractivity contribution in [2.24, 2.45) is 45.3 Å². The molecule has 0 aromatic rings. The van der Waals surface area contributed by atoms with Gasteiger partial charge in [0.25, 0.3) is 0 Å². The Hall–Kier alpha value is -1.31. The van der Waals surface area contributed by atoms with Crippen LogP contribution in [-0.2, 0) is 4.79 Å². The second-order valence-corrected chi connectivity index (χ2v) is 13.7. The fourth-order valence-corrected chi connectivity index (χ4v) is 8.90. The van der Waals surface area contributed by atoms with Crippen molar-refractivity contribution >= 4 is 5.97 Å². The molecule has 2 heteroatoms. The molecule has 184 valence electrons. The highest BCUT2D eigenvalue weighted by molar-refractivity contribution is 5.71. The van der Waals surface area contributed by atoms with Crippen LogP contribution < -0.4 is 0 Å². The molecule has 2 nitrogen and oxygen atoms in total. The summed E-state index contributed by atoms with van der Waals surface area (Å²) >= 11 is 0. The van der Waals surface area contributed by atoms with Crippen molar-refractivity contribution in [1.29, 1.82) is 0 Å². The van der Waals surface area contributed by atoms with Crippen LogP contribution in [0.25, 0.3) is 0 Å². The van der Waals surface area contributed by atoms with Gasteiger partial charge in [-0.05, 0) is 102 Å². The molecule has 2 fully saturated rings. The second kappa shape index (κ2) is 8.13. The summed E-state index contributed by atoms with van der Waals surface area (Å²) in [4.78, 5) is 12.5. The summed E-state index contributed by atoms with van der Waals surface area (Å²) in [5.74, 6) is 0.489. The zero-order valence-electron chi connectivity index (χ0n) is 22.4. The van der Waals surface area contributed by atoms with Crippen LogP contribution in [0.3, 0.4) is 0 Å². The Morgan fingerprint density at radius 2 is 1.79 bits per heavy atom. The maximum absolute atomic E-state index is 12.5. The lowest BCUT2D eigenvalue weighted by atomic mass is 9.44. The first-order valence-electron chi connectivity index (χ1n) is 13.6. The molecule has 0 aliphatic heterocycles. The highest BCUT2D eigenvalue weighted by Crippen LogP contribution is 2.71. The summed E-state index contributed by atoms with van der Waals surface area (Å²) in [7, 11) is 0. The smallest absolute Gasteiger partial charge is 0.306 e. The van der Waals surface area contributed by atoms with Gasteiger partial charge in [0.2, 0.25) is 0 Å². The van der Waals surface area contributed by atoms with Crippen LogP contribution in [0, 0.1) is 45.3 Å². The van der Waals surface area contributed by atoms with Crippen molar-refractivity contribution < 1.29 is 9.90 Å². The van der Waals surface area contributed by atoms with E-state index in [0.717, 1.165) is 32.1 Å². The van der Waals surface area contributed by atoms with Crippen molar-refractivity contribution in [3.05, 3.63) is 35.5 Å². The highest BCUT2D eigenvalue weighted by Gasteiger charge is 2.63. The van der Waals surface area contributed by atoms with E-state index in [1.807, 2.05) is 0 Å². The van der Waals surface area contributed by atoms with E-state index in [0.29, 0.717) is 17.3 Å². The van der Waals surface area contributed by atoms with Gasteiger partial charge in [0.05, 0.1) is 5.92 Å². The summed E-state index contributed by atoms with van der Waals surface area (Å²) in [6.07, 6.45) is 15.1. The molecule has 1 N–H and O–H groups in total. The molecular weight excluding hydrogens is 404 g/mol. The average Bonchev–Trinajstić information content (AvgIpc) is 2.99. The van der Waals surface area contributed by atoms with Gasteiger partial charge in [0, 0.05) is 0 Å². The van der Waals surface area contributed by atoms with Gasteiger partial charge in [-0.15, -0.1) is 0 Å². The van der Waals surface area contributed by atoms with E-state index in [4.69, 9.17) is 0 Å². The molecule has 4 aliphatic rings. The lowest BCUT2D eigenvalue weighted by molar-refractivity contribution is -0.146. The fourth-order valence-electron chi connectivity index (χ4n) is 8.90. The van der Waals surface area contributed by atoms with Crippen LogP contribution in [0.2, 0.25) is 0 Å². The van der Waals surface area contributed by atoms with Gasteiger partial charge >= 0.3 is 5.97 Å². The third-order valence-electron chi connectivity index (χ3n) is 11.4. The molecule has 0 aromatic carbocycles. The van der Waals surface area contributed by atoms with Gasteiger partial charge < -0.3 is 5.11 Å². The quantitative estimate of drug-likeness (QED) is 0.410. The van der Waals surface area contributed by atoms with Crippen LogP contribution >= 0.6 is 0 Å². The molecule has 0 unspecified atom stereocenters. The number of carbonyl (C=O) groups is 1. The summed E-state index contributed by atoms with van der Waals surface area (Å²) in [6, 6.07) is 0. The van der Waals surface area contributed by atoms with Crippen molar-refractivity contribution in [3.63, 3.8) is 0 Å². The number of allylic oxidation sites excluding steroid dienone is 5. The van der Waals surface area contributed by atoms with Crippen LogP contribution in [0.1, 0.15) is 106 Å². The molecule has 0 aromatic heterocycles. The molecule has 0 heterocycles. The first-order chi connectivity index (χ1) is 15.3. The van der Waals surface area contributed by atoms with Gasteiger partial charge in [-0.2, -0.15) is 0 Å². The molecule has 33 heavy (non-hydrogen) atoms. The third-order valence-corrected chi connectivity index (χ3v) is 11.4. The second-order valence-electron chi connectivity index (χ2n) is 13.7. The minimum absolute atomic E-state index is 0.0118. The zero-order valence-corrected chi connectivity index (χ0v) is 22.4. The van der Waals surface area contributed by atoms with Gasteiger partial charge in [0.15, 0.2) is 0 Å². The molecule has 0 bridgehead atoms. The number of hydrogen-bond acceptors (Lipinski definition) is 1. The molecule has 4 aliphatic carbocycles. The zero-order chi connectivity index (χ0) is 24.4. The molecule has 0 radical (unpaired) electrons. The van der Waals surface area contributed by atoms with Crippen LogP contribution in [0.5, 0.6) is 0 Å². The Morgan fingerprint density at radius 3 is 2.42 bits per heavy atom. The van der Waals surface area contributed by atoms with Crippen LogP contribution in [-0.4, -0.2) is 11.1 Å². The molecule has 0 spiro atoms. The maximum Gasteiger partial charge on any atom is 0.306 e. The Labute approximate surface area is 203 Å². The van der Waals surface area contributed by atoms with E-state index >= 15 is 0 Å². The Balaban J connectivity index is 1.68. The summed E-state index contributed by atoms with van der Waals surface area (Å²) in [6.45, 7) is 21.0. The predicted molar refractivity (Wildman–Crippen MR) is 138 cm³/mol. The van der Waals surface area contributed by atoms with E-state index in [2.05, 4.69) is 67.2 Å². The maximum atomic E-state index is 12.5. The Bertz CT molecular complexity index is 889. The fraction of sp³-hybridized carbons (Fsp3) is 0.774. The molecule has 4 rings (SSSR count).